The van der Waals surface area contributed by atoms with Crippen LogP contribution in [0, 0.1) is 26.8 Å². The third-order valence-corrected chi connectivity index (χ3v) is 4.21. The predicted octanol–water partition coefficient (Wildman–Crippen LogP) is 3.08. The van der Waals surface area contributed by atoms with Gasteiger partial charge in [-0.25, -0.2) is 17.6 Å². The molecular weight excluding hydrogens is 469 g/mol. The van der Waals surface area contributed by atoms with Gasteiger partial charge in [-0.05, 0) is 22.6 Å². The second-order valence-corrected chi connectivity index (χ2v) is 6.49. The first-order chi connectivity index (χ1) is 12.3. The van der Waals surface area contributed by atoms with Gasteiger partial charge >= 0.3 is 0 Å². The molecule has 0 saturated carbocycles. The van der Waals surface area contributed by atoms with E-state index >= 15 is 0 Å². The smallest absolute Gasteiger partial charge is 0.277 e. The zero-order valence-electron chi connectivity index (χ0n) is 13.1. The van der Waals surface area contributed by atoms with E-state index < -0.39 is 41.3 Å². The molecule has 1 amide bonds. The Bertz CT molecular complexity index is 1000. The minimum absolute atomic E-state index is 0.207. The largest absolute Gasteiger partial charge is 0.318 e. The molecule has 0 fully saturated rings. The molecule has 2 aromatic heterocycles. The molecule has 0 unspecified atom stereocenters. The molecule has 0 radical (unpaired) electrons. The quantitative estimate of drug-likeness (QED) is 0.271. The third kappa shape index (κ3) is 3.57. The van der Waals surface area contributed by atoms with E-state index in [4.69, 9.17) is 0 Å². The fraction of sp³-hybridized carbons (Fsp3) is 0.133. The minimum Gasteiger partial charge on any atom is -0.318 e. The maximum Gasteiger partial charge on any atom is 0.277 e. The van der Waals surface area contributed by atoms with Crippen LogP contribution in [0.3, 0.4) is 0 Å². The molecule has 0 aliphatic rings. The third-order valence-electron chi connectivity index (χ3n) is 3.42. The number of carbonyl (C=O) groups excluding carboxylic acids is 1. The number of hydrogen-bond acceptors (Lipinski definition) is 3. The molecule has 0 spiro atoms. The molecule has 0 saturated heterocycles. The maximum atomic E-state index is 13.7. The summed E-state index contributed by atoms with van der Waals surface area (Å²) in [5, 5.41) is 10.4. The Morgan fingerprint density at radius 3 is 2.58 bits per heavy atom. The highest BCUT2D eigenvalue weighted by Crippen LogP contribution is 2.20. The van der Waals surface area contributed by atoms with Crippen LogP contribution in [0.25, 0.3) is 0 Å². The van der Waals surface area contributed by atoms with Gasteiger partial charge in [0.05, 0.1) is 22.0 Å². The van der Waals surface area contributed by atoms with Gasteiger partial charge in [-0.2, -0.15) is 10.2 Å². The zero-order valence-corrected chi connectivity index (χ0v) is 15.3. The summed E-state index contributed by atoms with van der Waals surface area (Å²) in [4.78, 5) is 12.2. The highest BCUT2D eigenvalue weighted by Gasteiger charge is 2.20. The van der Waals surface area contributed by atoms with Crippen LogP contribution in [-0.2, 0) is 13.6 Å². The highest BCUT2D eigenvalue weighted by molar-refractivity contribution is 14.1. The summed E-state index contributed by atoms with van der Waals surface area (Å²) in [5.74, 6) is -6.70. The van der Waals surface area contributed by atoms with Crippen LogP contribution in [0.1, 0.15) is 16.1 Å². The molecule has 1 N–H and O–H groups in total. The van der Waals surface area contributed by atoms with Gasteiger partial charge in [-0.15, -0.1) is 0 Å². The lowest BCUT2D eigenvalue weighted by Crippen LogP contribution is -2.14. The number of halogens is 5. The van der Waals surface area contributed by atoms with Crippen molar-refractivity contribution in [2.75, 3.05) is 5.32 Å². The lowest BCUT2D eigenvalue weighted by molar-refractivity contribution is 0.102. The van der Waals surface area contributed by atoms with Crippen LogP contribution >= 0.6 is 22.6 Å². The van der Waals surface area contributed by atoms with Gasteiger partial charge in [-0.3, -0.25) is 14.2 Å². The second-order valence-electron chi connectivity index (χ2n) is 5.33. The molecule has 3 aromatic rings. The lowest BCUT2D eigenvalue weighted by Gasteiger charge is -2.07. The Labute approximate surface area is 157 Å². The molecule has 3 rings (SSSR count). The van der Waals surface area contributed by atoms with Crippen LogP contribution in [0.5, 0.6) is 0 Å². The lowest BCUT2D eigenvalue weighted by atomic mass is 10.2. The number of nitrogens with one attached hydrogen (secondary N) is 1. The predicted molar refractivity (Wildman–Crippen MR) is 91.5 cm³/mol. The SMILES string of the molecule is Cn1cc(I)c(C(=O)Nc2cnn(Cc3c(F)cc(F)c(F)c3F)c2)n1. The molecule has 26 heavy (non-hydrogen) atoms. The molecule has 2 heterocycles. The van der Waals surface area contributed by atoms with Gasteiger partial charge < -0.3 is 5.32 Å². The first-order valence-electron chi connectivity index (χ1n) is 7.11. The Morgan fingerprint density at radius 2 is 1.92 bits per heavy atom. The topological polar surface area (TPSA) is 64.7 Å². The van der Waals surface area contributed by atoms with E-state index in [1.165, 1.54) is 17.1 Å². The monoisotopic (exact) mass is 479 g/mol. The van der Waals surface area contributed by atoms with E-state index in [0.717, 1.165) is 4.68 Å². The van der Waals surface area contributed by atoms with E-state index in [0.29, 0.717) is 3.57 Å². The molecule has 0 aliphatic heterocycles. The minimum atomic E-state index is -1.76. The van der Waals surface area contributed by atoms with Crippen molar-refractivity contribution in [2.45, 2.75) is 6.54 Å². The highest BCUT2D eigenvalue weighted by atomic mass is 127. The molecular formula is C15H10F4IN5O. The molecule has 1 aromatic carbocycles. The average Bonchev–Trinajstić information content (AvgIpc) is 3.15. The number of amides is 1. The van der Waals surface area contributed by atoms with Gasteiger partial charge in [0.1, 0.15) is 5.82 Å². The van der Waals surface area contributed by atoms with E-state index in [1.807, 2.05) is 22.6 Å². The number of aromatic nitrogens is 4. The molecule has 6 nitrogen and oxygen atoms in total. The van der Waals surface area contributed by atoms with Crippen molar-refractivity contribution in [3.8, 4) is 0 Å². The Hall–Kier alpha value is -2.44. The van der Waals surface area contributed by atoms with Gasteiger partial charge in [0.15, 0.2) is 23.1 Å². The maximum absolute atomic E-state index is 13.7. The summed E-state index contributed by atoms with van der Waals surface area (Å²) in [7, 11) is 1.67. The molecule has 0 atom stereocenters. The van der Waals surface area contributed by atoms with Crippen molar-refractivity contribution < 1.29 is 22.4 Å². The van der Waals surface area contributed by atoms with E-state index in [-0.39, 0.29) is 17.4 Å². The molecule has 11 heteroatoms. The number of anilines is 1. The van der Waals surface area contributed by atoms with Crippen molar-refractivity contribution in [1.29, 1.82) is 0 Å². The molecule has 0 bridgehead atoms. The van der Waals surface area contributed by atoms with Gasteiger partial charge in [0.2, 0.25) is 0 Å². The normalized spacial score (nSPS) is 11.0. The van der Waals surface area contributed by atoms with Crippen LogP contribution < -0.4 is 5.32 Å². The van der Waals surface area contributed by atoms with Crippen molar-refractivity contribution in [3.05, 3.63) is 62.8 Å². The molecule has 136 valence electrons. The molecule has 0 aliphatic carbocycles. The fourth-order valence-corrected chi connectivity index (χ4v) is 2.99. The van der Waals surface area contributed by atoms with Crippen molar-refractivity contribution in [2.24, 2.45) is 7.05 Å². The first-order valence-corrected chi connectivity index (χ1v) is 8.19. The van der Waals surface area contributed by atoms with Crippen molar-refractivity contribution in [1.82, 2.24) is 19.6 Å². The first kappa shape index (κ1) is 18.4. The Kier molecular flexibility index (Phi) is 4.98. The zero-order chi connectivity index (χ0) is 19.0. The summed E-state index contributed by atoms with van der Waals surface area (Å²) in [6.07, 6.45) is 4.21. The number of hydrogen-bond donors (Lipinski definition) is 1. The van der Waals surface area contributed by atoms with E-state index in [9.17, 15) is 22.4 Å². The summed E-state index contributed by atoms with van der Waals surface area (Å²) in [6.45, 7) is -0.480. The van der Waals surface area contributed by atoms with Crippen molar-refractivity contribution in [3.63, 3.8) is 0 Å². The summed E-state index contributed by atoms with van der Waals surface area (Å²) in [6, 6.07) is 0.267. The van der Waals surface area contributed by atoms with Crippen LogP contribution in [-0.4, -0.2) is 25.5 Å². The fourth-order valence-electron chi connectivity index (χ4n) is 2.23. The van der Waals surface area contributed by atoms with E-state index in [1.54, 1.807) is 13.2 Å². The standard InChI is InChI=1S/C15H10F4IN5O/c1-24-6-11(20)14(23-24)15(26)22-7-3-21-25(4-7)5-8-9(16)2-10(17)13(19)12(8)18/h2-4,6H,5H2,1H3,(H,22,26). The van der Waals surface area contributed by atoms with Crippen LogP contribution in [0.4, 0.5) is 23.2 Å². The summed E-state index contributed by atoms with van der Waals surface area (Å²) in [5.41, 5.74) is -0.220. The second kappa shape index (κ2) is 7.05. The van der Waals surface area contributed by atoms with Gasteiger partial charge in [0, 0.05) is 31.1 Å². The summed E-state index contributed by atoms with van der Waals surface area (Å²) < 4.78 is 56.8. The average molecular weight is 479 g/mol. The number of aryl methyl sites for hydroxylation is 1. The Morgan fingerprint density at radius 1 is 1.19 bits per heavy atom. The number of rotatable bonds is 4. The Balaban J connectivity index is 1.78. The van der Waals surface area contributed by atoms with Gasteiger partial charge in [-0.1, -0.05) is 0 Å². The van der Waals surface area contributed by atoms with Crippen LogP contribution in [0.2, 0.25) is 0 Å². The summed E-state index contributed by atoms with van der Waals surface area (Å²) >= 11 is 1.96. The van der Waals surface area contributed by atoms with Crippen molar-refractivity contribution >= 4 is 34.2 Å². The number of benzene rings is 1. The number of nitrogens with zero attached hydrogens (tertiary/aromatic N) is 4. The van der Waals surface area contributed by atoms with Gasteiger partial charge in [0.25, 0.3) is 5.91 Å². The number of carbonyl (C=O) groups is 1. The van der Waals surface area contributed by atoms with Crippen LogP contribution in [0.15, 0.2) is 24.7 Å². The van der Waals surface area contributed by atoms with E-state index in [2.05, 4.69) is 15.5 Å².